The van der Waals surface area contributed by atoms with Crippen molar-refractivity contribution in [2.45, 2.75) is 17.5 Å². The Morgan fingerprint density at radius 1 is 1.23 bits per heavy atom. The number of rotatable bonds is 11. The maximum absolute atomic E-state index is 13.0. The van der Waals surface area contributed by atoms with Gasteiger partial charge in [0.05, 0.1) is 30.8 Å². The number of pyridine rings is 1. The number of anilines is 3. The lowest BCUT2D eigenvalue weighted by Crippen LogP contribution is -2.30. The monoisotopic (exact) mass is 629 g/mol. The summed E-state index contributed by atoms with van der Waals surface area (Å²) in [7, 11) is 1.87. The summed E-state index contributed by atoms with van der Waals surface area (Å²) >= 11 is 1.43. The molecule has 1 aromatic carbocycles. The van der Waals surface area contributed by atoms with Crippen molar-refractivity contribution >= 4 is 56.2 Å². The highest BCUT2D eigenvalue weighted by Crippen LogP contribution is 2.37. The van der Waals surface area contributed by atoms with Crippen LogP contribution in [0.25, 0.3) is 16.6 Å². The number of nitrogens with one attached hydrogen (secondary N) is 3. The van der Waals surface area contributed by atoms with Gasteiger partial charge in [-0.3, -0.25) is 9.69 Å². The highest BCUT2D eigenvalue weighted by Gasteiger charge is 2.36. The lowest BCUT2D eigenvalue weighted by atomic mass is 10.2. The number of methoxy groups -OCH3 is 1. The Bertz CT molecular complexity index is 1840. The molecule has 0 bridgehead atoms. The van der Waals surface area contributed by atoms with Gasteiger partial charge in [0, 0.05) is 42.6 Å². The van der Waals surface area contributed by atoms with Crippen LogP contribution >= 0.6 is 11.8 Å². The Balaban J connectivity index is 1.66. The standard InChI is InChI=1S/C26H31N9O6S2/c1-33(2)13-16-14-34(26(37)41-16)24-17-12-29-22(31-23-25(36)28-7-6-27-23)10-18(17)35(32-24)19-9-21(42-4)15(8-20(19)40-3)11-30-43(5,38)39/h6-10,12,16,30H,11,13-14H2,1-5H3,(H,28,36)(H,27,29,31)/t16-/m1/s1. The van der Waals surface area contributed by atoms with E-state index in [0.717, 1.165) is 11.2 Å². The zero-order chi connectivity index (χ0) is 30.9. The minimum absolute atomic E-state index is 0.0558. The minimum Gasteiger partial charge on any atom is -0.494 e. The zero-order valence-corrected chi connectivity index (χ0v) is 25.7. The SMILES string of the molecule is COc1cc(CNS(C)(=O)=O)c(SC)cc1-n1nc(N2C[C@@H](CN(C)C)OC2=O)c2cnc(Nc3ncc[nH]c3=O)cc21. The van der Waals surface area contributed by atoms with E-state index in [0.29, 0.717) is 46.1 Å². The number of H-pyrrole nitrogens is 1. The molecular formula is C26H31N9O6S2. The predicted molar refractivity (Wildman–Crippen MR) is 163 cm³/mol. The van der Waals surface area contributed by atoms with Crippen LogP contribution in [0, 0.1) is 0 Å². The van der Waals surface area contributed by atoms with Gasteiger partial charge in [-0.15, -0.1) is 16.9 Å². The molecule has 17 heteroatoms. The first-order valence-corrected chi connectivity index (χ1v) is 16.1. The molecule has 228 valence electrons. The Hall–Kier alpha value is -4.19. The molecule has 1 aliphatic rings. The van der Waals surface area contributed by atoms with Gasteiger partial charge in [-0.2, -0.15) is 0 Å². The Labute approximate surface area is 251 Å². The first-order valence-electron chi connectivity index (χ1n) is 13.0. The fourth-order valence-electron chi connectivity index (χ4n) is 4.66. The number of amides is 1. The van der Waals surface area contributed by atoms with Gasteiger partial charge in [0.25, 0.3) is 5.56 Å². The predicted octanol–water partition coefficient (Wildman–Crippen LogP) is 1.91. The molecule has 1 atom stereocenters. The van der Waals surface area contributed by atoms with Crippen LogP contribution < -0.4 is 25.2 Å². The summed E-state index contributed by atoms with van der Waals surface area (Å²) in [5, 5.41) is 8.33. The number of cyclic esters (lactones) is 1. The summed E-state index contributed by atoms with van der Waals surface area (Å²) in [6.07, 6.45) is 6.53. The number of likely N-dealkylation sites (N-methyl/N-ethyl adjacent to an activating group) is 1. The molecule has 1 amide bonds. The number of hydrogen-bond donors (Lipinski definition) is 3. The van der Waals surface area contributed by atoms with Crippen LogP contribution in [0.3, 0.4) is 0 Å². The number of carbonyl (C=O) groups excluding carboxylic acids is 1. The van der Waals surface area contributed by atoms with Gasteiger partial charge >= 0.3 is 6.09 Å². The van der Waals surface area contributed by atoms with Crippen LogP contribution in [0.4, 0.5) is 22.2 Å². The molecule has 1 saturated heterocycles. The summed E-state index contributed by atoms with van der Waals surface area (Å²) in [6, 6.07) is 5.28. The number of benzene rings is 1. The third kappa shape index (κ3) is 6.58. The van der Waals surface area contributed by atoms with E-state index in [-0.39, 0.29) is 25.0 Å². The van der Waals surface area contributed by atoms with Crippen molar-refractivity contribution in [2.75, 3.05) is 57.0 Å². The van der Waals surface area contributed by atoms with Gasteiger partial charge in [-0.1, -0.05) is 0 Å². The fourth-order valence-corrected chi connectivity index (χ4v) is 5.70. The first-order chi connectivity index (χ1) is 20.5. The lowest BCUT2D eigenvalue weighted by Gasteiger charge is -2.16. The number of nitrogens with zero attached hydrogens (tertiary/aromatic N) is 6. The van der Waals surface area contributed by atoms with E-state index < -0.39 is 21.7 Å². The first kappa shape index (κ1) is 30.3. The number of aromatic amines is 1. The van der Waals surface area contributed by atoms with E-state index >= 15 is 0 Å². The van der Waals surface area contributed by atoms with Crippen LogP contribution in [0.5, 0.6) is 5.75 Å². The van der Waals surface area contributed by atoms with Crippen LogP contribution in [0.1, 0.15) is 5.56 Å². The van der Waals surface area contributed by atoms with E-state index in [1.54, 1.807) is 23.0 Å². The summed E-state index contributed by atoms with van der Waals surface area (Å²) in [5.74, 6) is 1.13. The summed E-state index contributed by atoms with van der Waals surface area (Å²) in [5.41, 5.74) is 1.38. The summed E-state index contributed by atoms with van der Waals surface area (Å²) < 4.78 is 39.0. The number of thioether (sulfide) groups is 1. The van der Waals surface area contributed by atoms with Gasteiger partial charge in [-0.05, 0) is 38.0 Å². The molecule has 43 heavy (non-hydrogen) atoms. The maximum atomic E-state index is 13.0. The molecule has 3 aromatic heterocycles. The molecule has 0 saturated carbocycles. The van der Waals surface area contributed by atoms with E-state index in [1.165, 1.54) is 36.2 Å². The third-order valence-electron chi connectivity index (χ3n) is 6.53. The molecule has 3 N–H and O–H groups in total. The number of ether oxygens (including phenoxy) is 2. The van der Waals surface area contributed by atoms with E-state index in [2.05, 4.69) is 25.0 Å². The quantitative estimate of drug-likeness (QED) is 0.206. The smallest absolute Gasteiger partial charge is 0.416 e. The molecule has 4 aromatic rings. The molecule has 0 unspecified atom stereocenters. The molecule has 0 aliphatic carbocycles. The van der Waals surface area contributed by atoms with E-state index in [1.807, 2.05) is 31.3 Å². The second-order valence-corrected chi connectivity index (χ2v) is 12.7. The van der Waals surface area contributed by atoms with Crippen molar-refractivity contribution in [3.8, 4) is 11.4 Å². The van der Waals surface area contributed by atoms with Crippen molar-refractivity contribution in [1.82, 2.24) is 34.4 Å². The van der Waals surface area contributed by atoms with Crippen molar-refractivity contribution in [1.29, 1.82) is 0 Å². The average Bonchev–Trinajstić information content (AvgIpc) is 3.50. The zero-order valence-electron chi connectivity index (χ0n) is 24.1. The molecule has 1 fully saturated rings. The summed E-state index contributed by atoms with van der Waals surface area (Å²) in [4.78, 5) is 40.5. The fraction of sp³-hybridized carbons (Fsp3) is 0.346. The largest absolute Gasteiger partial charge is 0.494 e. The van der Waals surface area contributed by atoms with Gasteiger partial charge in [-0.25, -0.2) is 32.6 Å². The van der Waals surface area contributed by atoms with Gasteiger partial charge in [0.2, 0.25) is 10.0 Å². The van der Waals surface area contributed by atoms with Gasteiger partial charge in [0.15, 0.2) is 11.6 Å². The molecule has 5 rings (SSSR count). The van der Waals surface area contributed by atoms with E-state index in [4.69, 9.17) is 14.6 Å². The molecule has 15 nitrogen and oxygen atoms in total. The van der Waals surface area contributed by atoms with E-state index in [9.17, 15) is 18.0 Å². The van der Waals surface area contributed by atoms with Crippen molar-refractivity contribution < 1.29 is 22.7 Å². The minimum atomic E-state index is -3.43. The van der Waals surface area contributed by atoms with Crippen molar-refractivity contribution in [3.63, 3.8) is 0 Å². The molecule has 4 heterocycles. The number of fused-ring (bicyclic) bond motifs is 1. The van der Waals surface area contributed by atoms with Crippen LogP contribution in [0.2, 0.25) is 0 Å². The van der Waals surface area contributed by atoms with Crippen LogP contribution in [-0.4, -0.2) is 97.1 Å². The molecule has 0 radical (unpaired) electrons. The summed E-state index contributed by atoms with van der Waals surface area (Å²) in [6.45, 7) is 0.898. The normalized spacial score (nSPS) is 15.3. The highest BCUT2D eigenvalue weighted by atomic mass is 32.2. The van der Waals surface area contributed by atoms with Gasteiger partial charge < -0.3 is 24.7 Å². The number of aromatic nitrogens is 5. The highest BCUT2D eigenvalue weighted by molar-refractivity contribution is 7.98. The van der Waals surface area contributed by atoms with Crippen LogP contribution in [0.15, 0.2) is 46.5 Å². The van der Waals surface area contributed by atoms with Gasteiger partial charge in [0.1, 0.15) is 23.4 Å². The second-order valence-electron chi connectivity index (χ2n) is 10.0. The third-order valence-corrected chi connectivity index (χ3v) is 8.02. The Morgan fingerprint density at radius 2 is 2.02 bits per heavy atom. The second kappa shape index (κ2) is 12.2. The number of sulfonamides is 1. The number of carbonyl (C=O) groups is 1. The Morgan fingerprint density at radius 3 is 2.70 bits per heavy atom. The molecule has 1 aliphatic heterocycles. The Kier molecular flexibility index (Phi) is 8.59. The maximum Gasteiger partial charge on any atom is 0.416 e. The average molecular weight is 630 g/mol. The lowest BCUT2D eigenvalue weighted by molar-refractivity contribution is 0.123. The molecular weight excluding hydrogens is 598 g/mol. The number of hydrogen-bond acceptors (Lipinski definition) is 12. The van der Waals surface area contributed by atoms with Crippen molar-refractivity contribution in [2.24, 2.45) is 0 Å². The van der Waals surface area contributed by atoms with Crippen LogP contribution in [-0.2, 0) is 21.3 Å². The topological polar surface area (TPSA) is 177 Å². The van der Waals surface area contributed by atoms with Crippen molar-refractivity contribution in [3.05, 3.63) is 52.7 Å². The molecule has 0 spiro atoms.